The van der Waals surface area contributed by atoms with E-state index in [1.54, 1.807) is 13.1 Å². The molecule has 0 unspecified atom stereocenters. The Balaban J connectivity index is 1.20. The van der Waals surface area contributed by atoms with Crippen LogP contribution in [0, 0.1) is 5.92 Å². The summed E-state index contributed by atoms with van der Waals surface area (Å²) in [4.78, 5) is 48.6. The van der Waals surface area contributed by atoms with Crippen LogP contribution in [-0.4, -0.2) is 77.4 Å². The van der Waals surface area contributed by atoms with Crippen LogP contribution in [-0.2, 0) is 24.4 Å². The van der Waals surface area contributed by atoms with Crippen molar-refractivity contribution in [3.63, 3.8) is 0 Å². The number of pyridine rings is 1. The molecule has 3 aromatic rings. The number of nitrogens with zero attached hydrogens (tertiary/aromatic N) is 2. The summed E-state index contributed by atoms with van der Waals surface area (Å²) in [5, 5.41) is 7.55. The number of benzene rings is 2. The average Bonchev–Trinajstić information content (AvgIpc) is 4.00. The van der Waals surface area contributed by atoms with E-state index in [2.05, 4.69) is 25.1 Å². The summed E-state index contributed by atoms with van der Waals surface area (Å²) in [5.41, 5.74) is -1.33. The maximum absolute atomic E-state index is 14.6. The highest BCUT2D eigenvalue weighted by Gasteiger charge is 2.63. The van der Waals surface area contributed by atoms with Gasteiger partial charge in [-0.25, -0.2) is 13.4 Å². The number of hydrogen-bond acceptors (Lipinski definition) is 9. The number of fused-ring (bicyclic) bond motifs is 3. The Bertz CT molecular complexity index is 2070. The van der Waals surface area contributed by atoms with Crippen molar-refractivity contribution in [2.24, 2.45) is 5.92 Å². The Labute approximate surface area is 310 Å². The molecule has 2 aliphatic heterocycles. The van der Waals surface area contributed by atoms with Crippen LogP contribution in [0.2, 0.25) is 0 Å². The number of carbonyl (C=O) groups excluding carboxylic acids is 3. The first kappa shape index (κ1) is 37.5. The highest BCUT2D eigenvalue weighted by molar-refractivity contribution is 7.91. The van der Waals surface area contributed by atoms with Crippen molar-refractivity contribution in [2.45, 2.75) is 99.5 Å². The number of rotatable bonds is 8. The topological polar surface area (TPSA) is 156 Å². The van der Waals surface area contributed by atoms with Crippen molar-refractivity contribution in [3.05, 3.63) is 72.9 Å². The third-order valence-electron chi connectivity index (χ3n) is 10.8. The number of aromatic nitrogens is 1. The zero-order valence-electron chi connectivity index (χ0n) is 29.6. The van der Waals surface area contributed by atoms with Gasteiger partial charge < -0.3 is 25.0 Å². The number of halogens is 3. The molecule has 0 bridgehead atoms. The molecule has 3 heterocycles. The molecule has 3 fully saturated rings. The second kappa shape index (κ2) is 14.4. The predicted octanol–water partition coefficient (Wildman–Crippen LogP) is 5.36. The van der Waals surface area contributed by atoms with E-state index >= 15 is 0 Å². The number of sulfonamides is 1. The average molecular weight is 770 g/mol. The van der Waals surface area contributed by atoms with Gasteiger partial charge in [0.25, 0.3) is 5.91 Å². The van der Waals surface area contributed by atoms with E-state index in [1.807, 2.05) is 42.5 Å². The highest BCUT2D eigenvalue weighted by Crippen LogP contribution is 2.47. The molecule has 3 N–H and O–H groups in total. The first-order valence-corrected chi connectivity index (χ1v) is 19.6. The molecule has 5 atom stereocenters. The van der Waals surface area contributed by atoms with E-state index in [0.29, 0.717) is 38.0 Å². The molecule has 3 amide bonds. The molecule has 1 saturated heterocycles. The molecule has 0 spiro atoms. The van der Waals surface area contributed by atoms with Crippen LogP contribution in [0.1, 0.15) is 64.7 Å². The summed E-state index contributed by atoms with van der Waals surface area (Å²) in [6, 6.07) is 12.4. The normalized spacial score (nSPS) is 27.7. The molecule has 4 aliphatic rings. The third kappa shape index (κ3) is 7.98. The summed E-state index contributed by atoms with van der Waals surface area (Å²) in [6.07, 6.45) is 3.77. The predicted molar refractivity (Wildman–Crippen MR) is 193 cm³/mol. The van der Waals surface area contributed by atoms with Crippen LogP contribution >= 0.6 is 0 Å². The Kier molecular flexibility index (Phi) is 10.00. The molecule has 2 aliphatic carbocycles. The third-order valence-corrected chi connectivity index (χ3v) is 13.0. The number of anilines is 1. The van der Waals surface area contributed by atoms with E-state index in [-0.39, 0.29) is 25.1 Å². The number of hydrogen-bond donors (Lipinski definition) is 3. The minimum atomic E-state index is -4.91. The van der Waals surface area contributed by atoms with Gasteiger partial charge in [0.1, 0.15) is 29.5 Å². The Morgan fingerprint density at radius 2 is 1.85 bits per heavy atom. The van der Waals surface area contributed by atoms with Gasteiger partial charge in [0.05, 0.1) is 11.3 Å². The van der Waals surface area contributed by atoms with Crippen LogP contribution in [0.5, 0.6) is 11.6 Å². The van der Waals surface area contributed by atoms with Crippen LogP contribution in [0.15, 0.2) is 72.9 Å². The van der Waals surface area contributed by atoms with Crippen molar-refractivity contribution < 1.29 is 45.4 Å². The molecule has 1 aromatic heterocycles. The molecule has 16 heteroatoms. The summed E-state index contributed by atoms with van der Waals surface area (Å²) in [7, 11) is -4.01. The second-order valence-corrected chi connectivity index (χ2v) is 17.0. The van der Waals surface area contributed by atoms with Crippen LogP contribution in [0.3, 0.4) is 0 Å². The lowest BCUT2D eigenvalue weighted by Gasteiger charge is -2.30. The maximum Gasteiger partial charge on any atom is 0.573 e. The quantitative estimate of drug-likeness (QED) is 0.257. The van der Waals surface area contributed by atoms with Crippen LogP contribution in [0.25, 0.3) is 10.8 Å². The summed E-state index contributed by atoms with van der Waals surface area (Å²) in [6.45, 7) is 1.53. The molecular formula is C38H42F3N5O7S. The van der Waals surface area contributed by atoms with Crippen molar-refractivity contribution in [2.75, 3.05) is 11.9 Å². The summed E-state index contributed by atoms with van der Waals surface area (Å²) >= 11 is 0. The van der Waals surface area contributed by atoms with Crippen LogP contribution in [0.4, 0.5) is 18.9 Å². The van der Waals surface area contributed by atoms with Gasteiger partial charge in [-0.15, -0.1) is 13.2 Å². The van der Waals surface area contributed by atoms with E-state index in [0.717, 1.165) is 35.7 Å². The van der Waals surface area contributed by atoms with Gasteiger partial charge in [0.15, 0.2) is 0 Å². The fourth-order valence-electron chi connectivity index (χ4n) is 7.27. The number of ether oxygens (including phenoxy) is 2. The SMILES string of the molecule is CC1(S(=O)(=O)NC(=O)[C@@]23C[C@H]2/C=C\CCCCC[C@H](Nc2cccc(OC(F)(F)F)c2)C(=O)N2C[C@H](Oc4nccc5ccccc45)C[C@H]2C(=O)N3)CC1. The van der Waals surface area contributed by atoms with Gasteiger partial charge in [0.2, 0.25) is 27.7 Å². The second-order valence-electron chi connectivity index (χ2n) is 14.8. The fourth-order valence-corrected chi connectivity index (χ4v) is 8.59. The molecular weight excluding hydrogens is 728 g/mol. The highest BCUT2D eigenvalue weighted by atomic mass is 32.2. The molecule has 0 radical (unpaired) electrons. The first-order chi connectivity index (χ1) is 25.7. The minimum absolute atomic E-state index is 0.0265. The fraction of sp³-hybridized carbons (Fsp3) is 0.474. The lowest BCUT2D eigenvalue weighted by Crippen LogP contribution is -2.58. The first-order valence-electron chi connectivity index (χ1n) is 18.2. The number of nitrogens with one attached hydrogen (secondary N) is 3. The van der Waals surface area contributed by atoms with E-state index in [4.69, 9.17) is 4.74 Å². The number of amides is 3. The summed E-state index contributed by atoms with van der Waals surface area (Å²) < 4.78 is 76.9. The van der Waals surface area contributed by atoms with Gasteiger partial charge >= 0.3 is 6.36 Å². The van der Waals surface area contributed by atoms with Crippen molar-refractivity contribution in [1.82, 2.24) is 19.9 Å². The Hall–Kier alpha value is -4.86. The molecule has 12 nitrogen and oxygen atoms in total. The lowest BCUT2D eigenvalue weighted by molar-refractivity contribution is -0.274. The van der Waals surface area contributed by atoms with Crippen molar-refractivity contribution in [1.29, 1.82) is 0 Å². The molecule has 288 valence electrons. The molecule has 54 heavy (non-hydrogen) atoms. The molecule has 7 rings (SSSR count). The smallest absolute Gasteiger partial charge is 0.472 e. The number of allylic oxidation sites excluding steroid dienone is 1. The zero-order chi connectivity index (χ0) is 38.3. The van der Waals surface area contributed by atoms with Gasteiger partial charge in [-0.3, -0.25) is 19.1 Å². The van der Waals surface area contributed by atoms with Gasteiger partial charge in [0, 0.05) is 35.7 Å². The van der Waals surface area contributed by atoms with E-state index < -0.39 is 74.2 Å². The molecule has 2 aromatic carbocycles. The van der Waals surface area contributed by atoms with E-state index in [9.17, 15) is 36.0 Å². The number of carbonyl (C=O) groups is 3. The van der Waals surface area contributed by atoms with Gasteiger partial charge in [-0.2, -0.15) is 0 Å². The lowest BCUT2D eigenvalue weighted by atomic mass is 10.0. The van der Waals surface area contributed by atoms with Gasteiger partial charge in [-0.05, 0) is 75.1 Å². The molecule has 2 saturated carbocycles. The Morgan fingerprint density at radius 3 is 2.63 bits per heavy atom. The van der Waals surface area contributed by atoms with Gasteiger partial charge in [-0.1, -0.05) is 49.3 Å². The van der Waals surface area contributed by atoms with Crippen molar-refractivity contribution >= 4 is 44.2 Å². The maximum atomic E-state index is 14.6. The monoisotopic (exact) mass is 769 g/mol. The number of alkyl halides is 3. The minimum Gasteiger partial charge on any atom is -0.472 e. The Morgan fingerprint density at radius 1 is 1.06 bits per heavy atom. The van der Waals surface area contributed by atoms with Crippen LogP contribution < -0.4 is 24.8 Å². The summed E-state index contributed by atoms with van der Waals surface area (Å²) in [5.74, 6) is -2.59. The standard InChI is InChI=1S/C38H42F3N5O7S/c1-36(17-18-36)54(50,51)45-35(49)37-22-25(37)11-5-3-2-4-6-15-30(43-26-12-9-13-27(20-26)53-38(39,40)41)34(48)46-23-28(21-31(46)32(47)44-37)52-33-29-14-8-7-10-24(29)16-19-42-33/h5,7-14,16,19-20,25,28,30-31,43H,2-4,6,15,17-18,21-23H2,1H3,(H,44,47)(H,45,49)/b11-5-/t25-,28-,30+,31+,37-/m1/s1. The largest absolute Gasteiger partial charge is 0.573 e. The van der Waals surface area contributed by atoms with E-state index in [1.165, 1.54) is 17.0 Å². The zero-order valence-corrected chi connectivity index (χ0v) is 30.4. The van der Waals surface area contributed by atoms with Crippen molar-refractivity contribution in [3.8, 4) is 11.6 Å².